The van der Waals surface area contributed by atoms with E-state index in [0.717, 1.165) is 37.4 Å². The summed E-state index contributed by atoms with van der Waals surface area (Å²) < 4.78 is 32.5. The molecule has 0 rings (SSSR count). The minimum atomic E-state index is -2.75. The van der Waals surface area contributed by atoms with Crippen LogP contribution in [0.15, 0.2) is 0 Å². The molecule has 0 aliphatic carbocycles. The summed E-state index contributed by atoms with van der Waals surface area (Å²) in [6, 6.07) is 2.87. The highest BCUT2D eigenvalue weighted by molar-refractivity contribution is 6.80. The van der Waals surface area contributed by atoms with Gasteiger partial charge in [0.2, 0.25) is 0 Å². The van der Waals surface area contributed by atoms with Crippen LogP contribution in [0.1, 0.15) is 40.0 Å². The summed E-state index contributed by atoms with van der Waals surface area (Å²) >= 11 is 0. The van der Waals surface area contributed by atoms with Gasteiger partial charge in [-0.3, -0.25) is 0 Å². The van der Waals surface area contributed by atoms with Crippen molar-refractivity contribution in [3.8, 4) is 0 Å². The van der Waals surface area contributed by atoms with Crippen LogP contribution in [-0.4, -0.2) is 54.5 Å². The van der Waals surface area contributed by atoms with E-state index in [0.29, 0.717) is 0 Å². The molecule has 0 amide bonds. The Kier molecular flexibility index (Phi) is 15.6. The van der Waals surface area contributed by atoms with E-state index >= 15 is 0 Å². The summed E-state index contributed by atoms with van der Waals surface area (Å²) in [6.45, 7) is 19.8. The summed E-state index contributed by atoms with van der Waals surface area (Å²) in [5.41, 5.74) is 0. The number of hydrogen-bond acceptors (Lipinski definition) is 5. The highest BCUT2D eigenvalue weighted by atomic mass is 28.5. The third-order valence-electron chi connectivity index (χ3n) is 3.15. The van der Waals surface area contributed by atoms with Gasteiger partial charge in [0.25, 0.3) is 0 Å². The molecule has 0 N–H and O–H groups in total. The molecule has 0 atom stereocenters. The first-order chi connectivity index (χ1) is 12.2. The van der Waals surface area contributed by atoms with Gasteiger partial charge in [-0.05, 0) is 51.4 Å². The van der Waals surface area contributed by atoms with E-state index < -0.39 is 54.5 Å². The lowest BCUT2D eigenvalue weighted by molar-refractivity contribution is 0.225. The molecule has 26 heavy (non-hydrogen) atoms. The summed E-state index contributed by atoms with van der Waals surface area (Å²) in [7, 11) is -9.02. The SMILES string of the molecule is CCC[Si](O[SiH](C)C)O[Si](CCC)(O[Si](CCC)O[SiH](C)C)O[SiH](C)C. The molecule has 0 saturated heterocycles. The first kappa shape index (κ1) is 27.1. The van der Waals surface area contributed by atoms with Gasteiger partial charge < -0.3 is 20.6 Å². The van der Waals surface area contributed by atoms with Crippen molar-refractivity contribution in [3.63, 3.8) is 0 Å². The van der Waals surface area contributed by atoms with Crippen molar-refractivity contribution in [1.82, 2.24) is 0 Å². The van der Waals surface area contributed by atoms with Gasteiger partial charge in [-0.25, -0.2) is 0 Å². The topological polar surface area (TPSA) is 46.2 Å². The molecule has 0 heterocycles. The van der Waals surface area contributed by atoms with Gasteiger partial charge in [0.05, 0.1) is 0 Å². The van der Waals surface area contributed by atoms with Crippen molar-refractivity contribution in [2.24, 2.45) is 0 Å². The minimum absolute atomic E-state index is 0.875. The lowest BCUT2D eigenvalue weighted by Crippen LogP contribution is -2.56. The normalized spacial score (nSPS) is 13.2. The van der Waals surface area contributed by atoms with Crippen LogP contribution in [0.5, 0.6) is 0 Å². The van der Waals surface area contributed by atoms with Crippen molar-refractivity contribution in [3.05, 3.63) is 0 Å². The predicted octanol–water partition coefficient (Wildman–Crippen LogP) is 4.16. The van der Waals surface area contributed by atoms with Crippen molar-refractivity contribution >= 4 is 54.5 Å². The van der Waals surface area contributed by atoms with Crippen LogP contribution < -0.4 is 0 Å². The molecule has 0 aromatic carbocycles. The lowest BCUT2D eigenvalue weighted by Gasteiger charge is -2.37. The van der Waals surface area contributed by atoms with Gasteiger partial charge in [-0.15, -0.1) is 0 Å². The second-order valence-electron chi connectivity index (χ2n) is 7.38. The zero-order chi connectivity index (χ0) is 20.2. The van der Waals surface area contributed by atoms with Gasteiger partial charge in [0, 0.05) is 6.04 Å². The third-order valence-corrected chi connectivity index (χ3v) is 19.6. The first-order valence-electron chi connectivity index (χ1n) is 10.3. The van der Waals surface area contributed by atoms with Crippen LogP contribution in [0, 0.1) is 0 Å². The standard InChI is InChI=1S/C15H42O5Si6/c1-10-13-24(16-21(4)5)19-26(15-12-3,18-23(8)9)20-25(14-11-2)17-22(6)7/h21-23H,10-15H2,1-9H3. The van der Waals surface area contributed by atoms with Crippen LogP contribution in [0.3, 0.4) is 0 Å². The average Bonchev–Trinajstić information content (AvgIpc) is 2.45. The number of rotatable bonds is 16. The minimum Gasteiger partial charge on any atom is -0.438 e. The summed E-state index contributed by atoms with van der Waals surface area (Å²) in [4.78, 5) is 0. The van der Waals surface area contributed by atoms with E-state index in [9.17, 15) is 0 Å². The molecule has 0 unspecified atom stereocenters. The van der Waals surface area contributed by atoms with E-state index in [1.807, 2.05) is 0 Å². The Labute approximate surface area is 172 Å². The zero-order valence-electron chi connectivity index (χ0n) is 18.5. The number of hydrogen-bond donors (Lipinski definition) is 0. The summed E-state index contributed by atoms with van der Waals surface area (Å²) in [6.07, 6.45) is 3.16. The second-order valence-corrected chi connectivity index (χ2v) is 22.5. The Balaban J connectivity index is 5.51. The van der Waals surface area contributed by atoms with Gasteiger partial charge >= 0.3 is 27.4 Å². The fraction of sp³-hybridized carbons (Fsp3) is 1.00. The van der Waals surface area contributed by atoms with Crippen LogP contribution in [0.4, 0.5) is 0 Å². The molecule has 2 radical (unpaired) electrons. The lowest BCUT2D eigenvalue weighted by atomic mass is 10.6. The molecule has 0 saturated carbocycles. The van der Waals surface area contributed by atoms with E-state index in [2.05, 4.69) is 60.1 Å². The van der Waals surface area contributed by atoms with Gasteiger partial charge in [0.1, 0.15) is 0 Å². The summed E-state index contributed by atoms with van der Waals surface area (Å²) in [5.74, 6) is 0. The quantitative estimate of drug-likeness (QED) is 0.317. The molecule has 0 aliphatic heterocycles. The van der Waals surface area contributed by atoms with Gasteiger partial charge in [-0.2, -0.15) is 0 Å². The van der Waals surface area contributed by atoms with Gasteiger partial charge in [-0.1, -0.05) is 40.0 Å². The van der Waals surface area contributed by atoms with Crippen LogP contribution in [-0.2, 0) is 20.6 Å². The smallest absolute Gasteiger partial charge is 0.438 e. The Bertz CT molecular complexity index is 326. The molecule has 0 bridgehead atoms. The Morgan fingerprint density at radius 3 is 1.35 bits per heavy atom. The third kappa shape index (κ3) is 12.5. The fourth-order valence-corrected chi connectivity index (χ4v) is 19.8. The van der Waals surface area contributed by atoms with Crippen molar-refractivity contribution in [1.29, 1.82) is 0 Å². The molecule has 0 aromatic heterocycles. The molecular formula is C15H42O5Si6. The molecule has 0 spiro atoms. The highest BCUT2D eigenvalue weighted by Gasteiger charge is 2.46. The highest BCUT2D eigenvalue weighted by Crippen LogP contribution is 2.25. The van der Waals surface area contributed by atoms with Crippen molar-refractivity contribution < 1.29 is 20.6 Å². The largest absolute Gasteiger partial charge is 0.472 e. The molecule has 0 aromatic rings. The molecule has 11 heteroatoms. The van der Waals surface area contributed by atoms with Crippen LogP contribution in [0.2, 0.25) is 57.4 Å². The fourth-order valence-electron chi connectivity index (χ4n) is 2.44. The Morgan fingerprint density at radius 2 is 1.08 bits per heavy atom. The molecular weight excluding hydrogens is 429 g/mol. The Hall–Kier alpha value is 1.10. The maximum Gasteiger partial charge on any atom is 0.472 e. The zero-order valence-corrected chi connectivity index (χ0v) is 25.0. The van der Waals surface area contributed by atoms with Crippen LogP contribution in [0.25, 0.3) is 0 Å². The molecule has 156 valence electrons. The van der Waals surface area contributed by atoms with E-state index in [1.165, 1.54) is 0 Å². The summed E-state index contributed by atoms with van der Waals surface area (Å²) in [5, 5.41) is 0. The average molecular weight is 471 g/mol. The molecule has 0 aliphatic rings. The Morgan fingerprint density at radius 1 is 0.654 bits per heavy atom. The maximum absolute atomic E-state index is 6.70. The monoisotopic (exact) mass is 470 g/mol. The maximum atomic E-state index is 6.70. The van der Waals surface area contributed by atoms with Gasteiger partial charge in [0.15, 0.2) is 27.1 Å². The first-order valence-corrected chi connectivity index (χ1v) is 23.6. The molecule has 5 nitrogen and oxygen atoms in total. The van der Waals surface area contributed by atoms with E-state index in [1.54, 1.807) is 0 Å². The van der Waals surface area contributed by atoms with E-state index in [4.69, 9.17) is 20.6 Å². The van der Waals surface area contributed by atoms with Crippen LogP contribution >= 0.6 is 0 Å². The van der Waals surface area contributed by atoms with E-state index in [-0.39, 0.29) is 0 Å². The van der Waals surface area contributed by atoms with Crippen molar-refractivity contribution in [2.45, 2.75) is 97.4 Å². The predicted molar refractivity (Wildman–Crippen MR) is 125 cm³/mol. The van der Waals surface area contributed by atoms with Crippen molar-refractivity contribution in [2.75, 3.05) is 0 Å². The molecule has 0 fully saturated rings. The second kappa shape index (κ2) is 15.0.